The Labute approximate surface area is 881 Å². The van der Waals surface area contributed by atoms with Crippen molar-refractivity contribution in [2.75, 3.05) is 110 Å². The fraction of sp³-hybridized carbons (Fsp3) is 0.348. The monoisotopic (exact) mass is 2160 g/mol. The maximum atomic E-state index is 13.4. The summed E-state index contributed by atoms with van der Waals surface area (Å²) >= 11 is 1.96. The van der Waals surface area contributed by atoms with Crippen LogP contribution in [-0.4, -0.2) is 235 Å². The molecule has 145 heavy (non-hydrogen) atoms. The lowest BCUT2D eigenvalue weighted by Crippen LogP contribution is -2.66. The van der Waals surface area contributed by atoms with Crippen LogP contribution in [0.3, 0.4) is 0 Å². The number of nitrogens with one attached hydrogen (secondary N) is 2. The summed E-state index contributed by atoms with van der Waals surface area (Å²) in [7, 11) is -10.6. The molecule has 0 saturated carbocycles. The molecule has 768 valence electrons. The van der Waals surface area contributed by atoms with E-state index in [1.54, 1.807) is 78.5 Å². The number of aromatic carboxylic acids is 1. The molecule has 8 aromatic carbocycles. The number of hydrogen-bond acceptors (Lipinski definition) is 21. The number of halogens is 2. The van der Waals surface area contributed by atoms with Crippen LogP contribution in [0.25, 0.3) is 0 Å². The van der Waals surface area contributed by atoms with Gasteiger partial charge in [-0.3, -0.25) is 34.1 Å². The molecule has 0 radical (unpaired) electrons. The van der Waals surface area contributed by atoms with Gasteiger partial charge in [-0.1, -0.05) is 348 Å². The average molecular weight is 2170 g/mol. The first-order valence-corrected chi connectivity index (χ1v) is 58.4. The molecule has 16 rings (SSSR count). The highest BCUT2D eigenvalue weighted by Gasteiger charge is 2.54. The van der Waals surface area contributed by atoms with Crippen molar-refractivity contribution < 1.29 is 72.5 Å². The molecule has 13 aromatic rings. The summed E-state index contributed by atoms with van der Waals surface area (Å²) in [6, 6.07) is 97.9. The van der Waals surface area contributed by atoms with Crippen LogP contribution in [0.15, 0.2) is 335 Å². The number of rotatable bonds is 32. The smallest absolute Gasteiger partial charge is 0.340 e. The van der Waals surface area contributed by atoms with Crippen molar-refractivity contribution in [3.05, 3.63) is 380 Å². The number of carboxylic acids is 1. The zero-order chi connectivity index (χ0) is 104. The number of esters is 1. The molecule has 5 N–H and O–H groups in total. The molecule has 1 amide bonds. The molecule has 0 bridgehead atoms. The Hall–Kier alpha value is -10.9. The number of aliphatic hydroxyl groups is 2. The fourth-order valence-corrected chi connectivity index (χ4v) is 37.3. The highest BCUT2D eigenvalue weighted by molar-refractivity contribution is 14.1. The quantitative estimate of drug-likeness (QED) is 0.0113. The molecular formula is C115H143ClIN9O15Si4. The molecule has 8 heterocycles. The van der Waals surface area contributed by atoms with Crippen molar-refractivity contribution in [3.8, 4) is 0 Å². The second-order valence-corrected chi connectivity index (χ2v) is 56.5. The number of amides is 1. The van der Waals surface area contributed by atoms with Gasteiger partial charge in [-0.05, 0) is 115 Å². The van der Waals surface area contributed by atoms with Crippen LogP contribution >= 0.6 is 35.0 Å². The van der Waals surface area contributed by atoms with E-state index in [2.05, 4.69) is 313 Å². The molecule has 24 nitrogen and oxygen atoms in total. The van der Waals surface area contributed by atoms with Crippen LogP contribution in [0.1, 0.15) is 149 Å². The standard InChI is InChI=1S/2C29H36N2O4Si.C27H29N3O2Si.C24H27NO3Si.C5H11NO2.CH3I.ClH/c1-29(2,3)36(24-11-6-4-7-12-24,25-13-8-5-9-14-25)35-19-16-27-26(15-10-17-31-27)28(32)34-22-23-21-33-20-18-30-23;1-29(2,3)36(24-11-6-4-7-12-24,25-13-8-5-9-14-25)35-19-16-27-26(15-10-17-30-27)28(33)31-18-20-34-22-23(31)21-32;1-27(2,3)33(22-11-6-4-7-12-22,23-13-8-5-9-14-23)32-20-16-25-24(15-10-17-29-25)26(31)30-19-18-28-21-30;1-24(2,3)29(19-11-6-4-7-12-19,20-13-8-5-9-14-20)28-18-16-22-21(23(26)27)15-10-17-25-22;7-3-5-4-8-2-1-6-5;1-2;/h4-15,17,23,30H,16,18-22H2,1-3H3;4-15,17,23,32H,16,18-22H2,1-3H3;4-15,17-19,21H,16,20H2,1-3H3;4-15,17H,16,18H2,1-3H3,(H,26,27);5-7H,1-4H2;1H3;1H/t2*23-;;;5-;;/m11..1../s1/i;;;;;1D;. The van der Waals surface area contributed by atoms with Crippen molar-refractivity contribution >= 4 is 134 Å². The second-order valence-electron chi connectivity index (χ2n) is 39.3. The molecule has 5 aromatic heterocycles. The zero-order valence-electron chi connectivity index (χ0n) is 86.5. The topological polar surface area (TPSA) is 299 Å². The average Bonchev–Trinajstić information content (AvgIpc) is 0.794. The van der Waals surface area contributed by atoms with Gasteiger partial charge in [0.25, 0.3) is 45.1 Å². The Bertz CT molecular complexity index is 5890. The number of ether oxygens (including phenoxy) is 4. The minimum atomic E-state index is -2.67. The number of carbonyl (C=O) groups excluding carboxylic acids is 3. The van der Waals surface area contributed by atoms with Gasteiger partial charge in [-0.15, -0.1) is 12.4 Å². The number of alkyl halides is 1. The highest BCUT2D eigenvalue weighted by Crippen LogP contribution is 2.41. The number of aromatic nitrogens is 6. The van der Waals surface area contributed by atoms with E-state index < -0.39 is 39.2 Å². The predicted octanol–water partition coefficient (Wildman–Crippen LogP) is 14.8. The Kier molecular flexibility index (Phi) is 44.9. The van der Waals surface area contributed by atoms with Gasteiger partial charge < -0.3 is 67.5 Å². The van der Waals surface area contributed by atoms with E-state index in [4.69, 9.17) is 43.1 Å². The van der Waals surface area contributed by atoms with Gasteiger partial charge in [0.15, 0.2) is 0 Å². The minimum Gasteiger partial charge on any atom is -0.478 e. The Morgan fingerprint density at radius 1 is 0.393 bits per heavy atom. The Balaban J connectivity index is 0.000000192. The van der Waals surface area contributed by atoms with E-state index in [0.29, 0.717) is 130 Å². The molecule has 3 aliphatic rings. The summed E-state index contributed by atoms with van der Waals surface area (Å²) in [6.07, 6.45) is 13.6. The van der Waals surface area contributed by atoms with E-state index >= 15 is 0 Å². The van der Waals surface area contributed by atoms with E-state index in [1.165, 1.54) is 52.4 Å². The van der Waals surface area contributed by atoms with E-state index in [-0.39, 0.29) is 93.9 Å². The van der Waals surface area contributed by atoms with Gasteiger partial charge in [0.1, 0.15) is 12.9 Å². The molecule has 0 aliphatic carbocycles. The van der Waals surface area contributed by atoms with Gasteiger partial charge in [-0.25, -0.2) is 14.6 Å². The number of morpholine rings is 3. The minimum absolute atomic E-state index is 0. The summed E-state index contributed by atoms with van der Waals surface area (Å²) in [4.78, 5) is 74.8. The molecule has 0 spiro atoms. The first-order valence-electron chi connectivity index (χ1n) is 49.9. The molecule has 0 unspecified atom stereocenters. The normalized spacial score (nSPS) is 15.2. The third-order valence-electron chi connectivity index (χ3n) is 25.8. The number of nitrogens with zero attached hydrogens (tertiary/aromatic N) is 7. The van der Waals surface area contributed by atoms with Crippen LogP contribution in [0.5, 0.6) is 0 Å². The number of benzene rings is 8. The van der Waals surface area contributed by atoms with Crippen molar-refractivity contribution in [2.24, 2.45) is 0 Å². The fourth-order valence-electron chi connectivity index (χ4n) is 19.0. The number of carbonyl (C=O) groups is 4. The number of hydrogen-bond donors (Lipinski definition) is 5. The molecule has 3 aliphatic heterocycles. The number of imidazole rings is 1. The summed E-state index contributed by atoms with van der Waals surface area (Å²) in [5, 5.41) is 43.5. The molecule has 3 atom stereocenters. The lowest BCUT2D eigenvalue weighted by Gasteiger charge is -2.43. The predicted molar refractivity (Wildman–Crippen MR) is 597 cm³/mol. The van der Waals surface area contributed by atoms with Gasteiger partial charge in [0, 0.05) is 110 Å². The van der Waals surface area contributed by atoms with E-state index in [0.717, 1.165) is 25.4 Å². The van der Waals surface area contributed by atoms with Gasteiger partial charge >= 0.3 is 11.9 Å². The lowest BCUT2D eigenvalue weighted by atomic mass is 10.1. The number of carboxylic acid groups (broad SMARTS) is 1. The molecule has 3 fully saturated rings. The van der Waals surface area contributed by atoms with Crippen LogP contribution in [0, 0.1) is 0 Å². The number of pyridine rings is 4. The maximum absolute atomic E-state index is 13.4. The molecular weight excluding hydrogens is 2020 g/mol. The van der Waals surface area contributed by atoms with Crippen LogP contribution in [0.4, 0.5) is 0 Å². The van der Waals surface area contributed by atoms with Gasteiger partial charge in [0.05, 0.1) is 116 Å². The summed E-state index contributed by atoms with van der Waals surface area (Å²) in [6.45, 7) is 34.6. The van der Waals surface area contributed by atoms with Crippen molar-refractivity contribution in [2.45, 2.75) is 147 Å². The van der Waals surface area contributed by atoms with Crippen molar-refractivity contribution in [1.82, 2.24) is 45.0 Å². The first-order chi connectivity index (χ1) is 69.9. The second kappa shape index (κ2) is 56.9. The van der Waals surface area contributed by atoms with Gasteiger partial charge in [-0.2, -0.15) is 0 Å². The van der Waals surface area contributed by atoms with Crippen LogP contribution in [-0.2, 0) is 62.3 Å². The summed E-state index contributed by atoms with van der Waals surface area (Å²) in [5.74, 6) is -1.58. The first kappa shape index (κ1) is 114. The zero-order valence-corrected chi connectivity index (χ0v) is 92.5. The Morgan fingerprint density at radius 2 is 0.683 bits per heavy atom. The Morgan fingerprint density at radius 3 is 0.959 bits per heavy atom. The van der Waals surface area contributed by atoms with Crippen LogP contribution < -0.4 is 52.1 Å². The van der Waals surface area contributed by atoms with Gasteiger partial charge in [0.2, 0.25) is 0 Å². The van der Waals surface area contributed by atoms with E-state index in [9.17, 15) is 29.4 Å². The third kappa shape index (κ3) is 30.0. The lowest BCUT2D eigenvalue weighted by molar-refractivity contribution is -0.0184. The van der Waals surface area contributed by atoms with Crippen LogP contribution in [0.2, 0.25) is 20.2 Å². The summed E-state index contributed by atoms with van der Waals surface area (Å²) < 4.78 is 57.0. The SMILES string of the molecule is CC(C)(C)[Si](OCCc1ncccc1C(=O)N1CCOC[C@H]1CO)(c1ccccc1)c1ccccc1.CC(C)(C)[Si](OCCc1ncccc1C(=O)O)(c1ccccc1)c1ccccc1.CC(C)(C)[Si](OCCc1ncccc1C(=O)OC[C@H]1COCCN1)(c1ccccc1)c1ccccc1.CC(C)(C)[Si](OCCc1ncccc1C(=O)n1ccnc1)(c1ccccc1)c1ccccc1.Cl.OC[C@@H]1COCCN1.[2H]CI. The highest BCUT2D eigenvalue weighted by atomic mass is 127. The molecule has 30 heteroatoms. The maximum Gasteiger partial charge on any atom is 0.340 e. The number of aliphatic hydroxyl groups excluding tert-OH is 2. The van der Waals surface area contributed by atoms with Crippen molar-refractivity contribution in [1.29, 1.82) is 0 Å². The molecule has 3 saturated heterocycles. The largest absolute Gasteiger partial charge is 0.478 e. The third-order valence-corrected chi connectivity index (χ3v) is 46.0. The van der Waals surface area contributed by atoms with Crippen molar-refractivity contribution in [3.63, 3.8) is 0 Å². The summed E-state index contributed by atoms with van der Waals surface area (Å²) in [5.41, 5.74) is 4.54. The van der Waals surface area contributed by atoms with E-state index in [1.807, 2.05) is 83.3 Å².